The molecule has 0 saturated heterocycles. The number of benzene rings is 2. The summed E-state index contributed by atoms with van der Waals surface area (Å²) in [4.78, 5) is 23.4. The van der Waals surface area contributed by atoms with E-state index in [0.29, 0.717) is 29.4 Å². The molecular formula is C17H17ClN2O3. The second kappa shape index (κ2) is 8.19. The Morgan fingerprint density at radius 3 is 2.52 bits per heavy atom. The first kappa shape index (κ1) is 16.8. The Hall–Kier alpha value is -2.53. The van der Waals surface area contributed by atoms with Crippen LogP contribution in [0.2, 0.25) is 5.02 Å². The van der Waals surface area contributed by atoms with Gasteiger partial charge in [-0.2, -0.15) is 0 Å². The largest absolute Gasteiger partial charge is 0.450 e. The SMILES string of the molecule is CCOC(=O)Nc1ccc(C(=O)NCc2cccc(Cl)c2)cc1. The number of hydrogen-bond donors (Lipinski definition) is 2. The zero-order chi connectivity index (χ0) is 16.7. The van der Waals surface area contributed by atoms with E-state index in [-0.39, 0.29) is 5.91 Å². The monoisotopic (exact) mass is 332 g/mol. The molecule has 0 bridgehead atoms. The highest BCUT2D eigenvalue weighted by molar-refractivity contribution is 6.30. The van der Waals surface area contributed by atoms with Crippen molar-refractivity contribution in [2.24, 2.45) is 0 Å². The molecule has 0 unspecified atom stereocenters. The minimum Gasteiger partial charge on any atom is -0.450 e. The Morgan fingerprint density at radius 2 is 1.87 bits per heavy atom. The standard InChI is InChI=1S/C17H17ClN2O3/c1-2-23-17(22)20-15-8-6-13(7-9-15)16(21)19-11-12-4-3-5-14(18)10-12/h3-10H,2,11H2,1H3,(H,19,21)(H,20,22). The normalized spacial score (nSPS) is 10.0. The Kier molecular flexibility index (Phi) is 6.00. The van der Waals surface area contributed by atoms with Gasteiger partial charge in [0.2, 0.25) is 0 Å². The molecule has 0 aliphatic rings. The third kappa shape index (κ3) is 5.30. The number of halogens is 1. The van der Waals surface area contributed by atoms with E-state index < -0.39 is 6.09 Å². The molecule has 23 heavy (non-hydrogen) atoms. The molecule has 2 N–H and O–H groups in total. The molecule has 120 valence electrons. The topological polar surface area (TPSA) is 67.4 Å². The summed E-state index contributed by atoms with van der Waals surface area (Å²) < 4.78 is 4.78. The predicted octanol–water partition coefficient (Wildman–Crippen LogP) is 3.84. The van der Waals surface area contributed by atoms with Crippen molar-refractivity contribution in [2.75, 3.05) is 11.9 Å². The Morgan fingerprint density at radius 1 is 1.13 bits per heavy atom. The zero-order valence-electron chi connectivity index (χ0n) is 12.6. The van der Waals surface area contributed by atoms with Crippen molar-refractivity contribution >= 4 is 29.3 Å². The van der Waals surface area contributed by atoms with Gasteiger partial charge in [0, 0.05) is 22.8 Å². The number of nitrogens with one attached hydrogen (secondary N) is 2. The number of hydrogen-bond acceptors (Lipinski definition) is 3. The number of ether oxygens (including phenoxy) is 1. The molecule has 0 radical (unpaired) electrons. The summed E-state index contributed by atoms with van der Waals surface area (Å²) in [5.74, 6) is -0.201. The van der Waals surface area contributed by atoms with E-state index in [4.69, 9.17) is 16.3 Å². The van der Waals surface area contributed by atoms with Gasteiger partial charge in [0.1, 0.15) is 0 Å². The third-order valence-corrected chi connectivity index (χ3v) is 3.25. The molecule has 2 aromatic carbocycles. The van der Waals surface area contributed by atoms with E-state index in [1.165, 1.54) is 0 Å². The number of carbonyl (C=O) groups excluding carboxylic acids is 2. The number of carbonyl (C=O) groups is 2. The lowest BCUT2D eigenvalue weighted by molar-refractivity contribution is 0.0951. The average Bonchev–Trinajstić information content (AvgIpc) is 2.53. The second-order valence-electron chi connectivity index (χ2n) is 4.74. The first-order valence-corrected chi connectivity index (χ1v) is 7.52. The molecule has 2 aromatic rings. The fourth-order valence-electron chi connectivity index (χ4n) is 1.92. The van der Waals surface area contributed by atoms with Gasteiger partial charge in [-0.25, -0.2) is 4.79 Å². The maximum Gasteiger partial charge on any atom is 0.411 e. The number of amides is 2. The molecule has 0 atom stereocenters. The summed E-state index contributed by atoms with van der Waals surface area (Å²) in [6, 6.07) is 13.9. The maximum atomic E-state index is 12.1. The van der Waals surface area contributed by atoms with Crippen LogP contribution in [0.4, 0.5) is 10.5 Å². The maximum absolute atomic E-state index is 12.1. The molecule has 0 heterocycles. The van der Waals surface area contributed by atoms with E-state index in [1.54, 1.807) is 43.3 Å². The number of rotatable bonds is 5. The summed E-state index contributed by atoms with van der Waals surface area (Å²) in [6.07, 6.45) is -0.523. The van der Waals surface area contributed by atoms with Crippen LogP contribution in [-0.4, -0.2) is 18.6 Å². The van der Waals surface area contributed by atoms with Crippen molar-refractivity contribution in [2.45, 2.75) is 13.5 Å². The van der Waals surface area contributed by atoms with Crippen molar-refractivity contribution in [1.82, 2.24) is 5.32 Å². The average molecular weight is 333 g/mol. The summed E-state index contributed by atoms with van der Waals surface area (Å²) in [7, 11) is 0. The molecule has 0 spiro atoms. The van der Waals surface area contributed by atoms with Crippen LogP contribution in [0.5, 0.6) is 0 Å². The van der Waals surface area contributed by atoms with Gasteiger partial charge in [-0.05, 0) is 48.9 Å². The molecule has 2 rings (SSSR count). The molecule has 5 nitrogen and oxygen atoms in total. The predicted molar refractivity (Wildman–Crippen MR) is 89.7 cm³/mol. The van der Waals surface area contributed by atoms with Crippen LogP contribution >= 0.6 is 11.6 Å². The van der Waals surface area contributed by atoms with E-state index in [1.807, 2.05) is 12.1 Å². The summed E-state index contributed by atoms with van der Waals surface area (Å²) in [5.41, 5.74) is 1.99. The van der Waals surface area contributed by atoms with Crippen LogP contribution in [-0.2, 0) is 11.3 Å². The lowest BCUT2D eigenvalue weighted by Gasteiger charge is -2.08. The molecule has 0 aliphatic heterocycles. The molecule has 0 aliphatic carbocycles. The summed E-state index contributed by atoms with van der Waals surface area (Å²) in [5, 5.41) is 6.01. The number of anilines is 1. The van der Waals surface area contributed by atoms with Crippen molar-refractivity contribution in [3.63, 3.8) is 0 Å². The van der Waals surface area contributed by atoms with Crippen LogP contribution < -0.4 is 10.6 Å². The van der Waals surface area contributed by atoms with Gasteiger partial charge in [0.05, 0.1) is 6.61 Å². The van der Waals surface area contributed by atoms with Gasteiger partial charge in [0.25, 0.3) is 5.91 Å². The van der Waals surface area contributed by atoms with Crippen LogP contribution in [0.3, 0.4) is 0 Å². The quantitative estimate of drug-likeness (QED) is 0.874. The van der Waals surface area contributed by atoms with Gasteiger partial charge in [-0.1, -0.05) is 23.7 Å². The second-order valence-corrected chi connectivity index (χ2v) is 5.17. The molecule has 2 amide bonds. The van der Waals surface area contributed by atoms with E-state index in [2.05, 4.69) is 10.6 Å². The highest BCUT2D eigenvalue weighted by Gasteiger charge is 2.07. The van der Waals surface area contributed by atoms with Crippen molar-refractivity contribution in [1.29, 1.82) is 0 Å². The lowest BCUT2D eigenvalue weighted by Crippen LogP contribution is -2.22. The van der Waals surface area contributed by atoms with Crippen LogP contribution in [0.15, 0.2) is 48.5 Å². The highest BCUT2D eigenvalue weighted by atomic mass is 35.5. The fourth-order valence-corrected chi connectivity index (χ4v) is 2.13. The highest BCUT2D eigenvalue weighted by Crippen LogP contribution is 2.12. The molecular weight excluding hydrogens is 316 g/mol. The Labute approximate surface area is 139 Å². The van der Waals surface area contributed by atoms with E-state index in [9.17, 15) is 9.59 Å². The Balaban J connectivity index is 1.91. The van der Waals surface area contributed by atoms with Crippen LogP contribution in [0, 0.1) is 0 Å². The smallest absolute Gasteiger partial charge is 0.411 e. The molecule has 6 heteroatoms. The Bertz CT molecular complexity index is 686. The van der Waals surface area contributed by atoms with Gasteiger partial charge in [-0.3, -0.25) is 10.1 Å². The van der Waals surface area contributed by atoms with Gasteiger partial charge >= 0.3 is 6.09 Å². The van der Waals surface area contributed by atoms with Crippen molar-refractivity contribution < 1.29 is 14.3 Å². The van der Waals surface area contributed by atoms with Crippen molar-refractivity contribution in [3.05, 3.63) is 64.7 Å². The van der Waals surface area contributed by atoms with Crippen LogP contribution in [0.25, 0.3) is 0 Å². The van der Waals surface area contributed by atoms with E-state index in [0.717, 1.165) is 5.56 Å². The summed E-state index contributed by atoms with van der Waals surface area (Å²) >= 11 is 5.90. The fraction of sp³-hybridized carbons (Fsp3) is 0.176. The van der Waals surface area contributed by atoms with E-state index >= 15 is 0 Å². The van der Waals surface area contributed by atoms with Crippen LogP contribution in [0.1, 0.15) is 22.8 Å². The molecule has 0 aromatic heterocycles. The zero-order valence-corrected chi connectivity index (χ0v) is 13.4. The summed E-state index contributed by atoms with van der Waals surface area (Å²) in [6.45, 7) is 2.42. The van der Waals surface area contributed by atoms with Gasteiger partial charge in [0.15, 0.2) is 0 Å². The lowest BCUT2D eigenvalue weighted by atomic mass is 10.2. The molecule has 0 fully saturated rings. The first-order valence-electron chi connectivity index (χ1n) is 7.15. The minimum atomic E-state index is -0.523. The first-order chi connectivity index (χ1) is 11.1. The molecule has 0 saturated carbocycles. The van der Waals surface area contributed by atoms with Gasteiger partial charge < -0.3 is 10.1 Å². The van der Waals surface area contributed by atoms with Crippen molar-refractivity contribution in [3.8, 4) is 0 Å². The minimum absolute atomic E-state index is 0.201. The third-order valence-electron chi connectivity index (χ3n) is 3.01. The van der Waals surface area contributed by atoms with Gasteiger partial charge in [-0.15, -0.1) is 0 Å².